The van der Waals surface area contributed by atoms with Crippen molar-refractivity contribution in [3.05, 3.63) is 58.6 Å². The highest BCUT2D eigenvalue weighted by molar-refractivity contribution is 9.10. The summed E-state index contributed by atoms with van der Waals surface area (Å²) in [4.78, 5) is 0. The van der Waals surface area contributed by atoms with Crippen molar-refractivity contribution in [2.45, 2.75) is 6.18 Å². The number of alkyl halides is 3. The smallest absolute Gasteiger partial charge is 0.419 e. The molecule has 0 spiro atoms. The molecular formula is C15H13BrF3NO. The predicted octanol–water partition coefficient (Wildman–Crippen LogP) is 4.96. The van der Waals surface area contributed by atoms with Crippen molar-refractivity contribution in [1.29, 1.82) is 0 Å². The monoisotopic (exact) mass is 359 g/mol. The molecule has 2 nitrogen and oxygen atoms in total. The fourth-order valence-corrected chi connectivity index (χ4v) is 2.02. The van der Waals surface area contributed by atoms with Crippen LogP contribution in [-0.2, 0) is 6.18 Å². The van der Waals surface area contributed by atoms with E-state index in [1.165, 1.54) is 18.2 Å². The summed E-state index contributed by atoms with van der Waals surface area (Å²) in [7, 11) is 0. The van der Waals surface area contributed by atoms with E-state index in [4.69, 9.17) is 4.74 Å². The molecule has 2 rings (SSSR count). The van der Waals surface area contributed by atoms with E-state index in [1.807, 2.05) is 24.3 Å². The quantitative estimate of drug-likeness (QED) is 0.761. The molecule has 0 aliphatic carbocycles. The van der Waals surface area contributed by atoms with Crippen molar-refractivity contribution in [1.82, 2.24) is 0 Å². The van der Waals surface area contributed by atoms with Crippen molar-refractivity contribution in [2.75, 3.05) is 18.5 Å². The summed E-state index contributed by atoms with van der Waals surface area (Å²) in [5.41, 5.74) is 0.125. The van der Waals surface area contributed by atoms with Crippen LogP contribution in [0.2, 0.25) is 0 Å². The lowest BCUT2D eigenvalue weighted by atomic mass is 10.2. The van der Waals surface area contributed by atoms with Crippen LogP contribution in [0.4, 0.5) is 18.9 Å². The van der Waals surface area contributed by atoms with Crippen LogP contribution in [0.25, 0.3) is 0 Å². The van der Waals surface area contributed by atoms with Gasteiger partial charge in [0.15, 0.2) is 0 Å². The van der Waals surface area contributed by atoms with Crippen LogP contribution in [0, 0.1) is 0 Å². The van der Waals surface area contributed by atoms with Gasteiger partial charge in [0, 0.05) is 16.7 Å². The van der Waals surface area contributed by atoms with Gasteiger partial charge >= 0.3 is 6.18 Å². The summed E-state index contributed by atoms with van der Waals surface area (Å²) in [6, 6.07) is 12.7. The minimum absolute atomic E-state index is 0.142. The van der Waals surface area contributed by atoms with E-state index >= 15 is 0 Å². The first kappa shape index (κ1) is 15.7. The molecule has 0 unspecified atom stereocenters. The van der Waals surface area contributed by atoms with Crippen LogP contribution in [0.15, 0.2) is 53.0 Å². The average Bonchev–Trinajstić information content (AvgIpc) is 2.45. The van der Waals surface area contributed by atoms with E-state index < -0.39 is 11.7 Å². The summed E-state index contributed by atoms with van der Waals surface area (Å²) >= 11 is 3.33. The summed E-state index contributed by atoms with van der Waals surface area (Å²) in [5.74, 6) is -0.150. The second kappa shape index (κ2) is 6.85. The third-order valence-corrected chi connectivity index (χ3v) is 3.25. The van der Waals surface area contributed by atoms with E-state index in [0.717, 1.165) is 16.2 Å². The summed E-state index contributed by atoms with van der Waals surface area (Å²) < 4.78 is 44.5. The number of rotatable bonds is 5. The molecule has 0 fully saturated rings. The highest BCUT2D eigenvalue weighted by Crippen LogP contribution is 2.35. The van der Waals surface area contributed by atoms with Crippen molar-refractivity contribution in [3.8, 4) is 5.75 Å². The Labute approximate surface area is 129 Å². The van der Waals surface area contributed by atoms with Gasteiger partial charge in [0.1, 0.15) is 12.4 Å². The van der Waals surface area contributed by atoms with Crippen LogP contribution in [0.5, 0.6) is 5.75 Å². The van der Waals surface area contributed by atoms with Gasteiger partial charge in [-0.2, -0.15) is 13.2 Å². The molecule has 21 heavy (non-hydrogen) atoms. The molecule has 6 heteroatoms. The van der Waals surface area contributed by atoms with Gasteiger partial charge in [0.2, 0.25) is 0 Å². The molecule has 112 valence electrons. The Balaban J connectivity index is 1.88. The Morgan fingerprint density at radius 3 is 2.33 bits per heavy atom. The SMILES string of the molecule is FC(F)(F)c1ccccc1OCCNc1ccc(Br)cc1. The highest BCUT2D eigenvalue weighted by atomic mass is 79.9. The fraction of sp³-hybridized carbons (Fsp3) is 0.200. The Hall–Kier alpha value is -1.69. The van der Waals surface area contributed by atoms with Crippen LogP contribution in [0.1, 0.15) is 5.56 Å². The molecule has 2 aromatic rings. The molecule has 2 aromatic carbocycles. The Kier molecular flexibility index (Phi) is 5.12. The largest absolute Gasteiger partial charge is 0.491 e. The number of anilines is 1. The number of nitrogens with one attached hydrogen (secondary N) is 1. The Morgan fingerprint density at radius 1 is 1.00 bits per heavy atom. The lowest BCUT2D eigenvalue weighted by molar-refractivity contribution is -0.138. The first-order valence-corrected chi connectivity index (χ1v) is 7.04. The number of hydrogen-bond acceptors (Lipinski definition) is 2. The molecule has 0 aromatic heterocycles. The molecule has 0 bridgehead atoms. The number of ether oxygens (including phenoxy) is 1. The summed E-state index contributed by atoms with van der Waals surface area (Å²) in [6.07, 6.45) is -4.41. The zero-order valence-electron chi connectivity index (χ0n) is 11.0. The summed E-state index contributed by atoms with van der Waals surface area (Å²) in [6.45, 7) is 0.553. The minimum Gasteiger partial charge on any atom is -0.491 e. The van der Waals surface area contributed by atoms with Crippen LogP contribution >= 0.6 is 15.9 Å². The number of para-hydroxylation sites is 1. The Morgan fingerprint density at radius 2 is 1.67 bits per heavy atom. The second-order valence-electron chi connectivity index (χ2n) is 4.28. The number of halogens is 4. The van der Waals surface area contributed by atoms with E-state index in [1.54, 1.807) is 0 Å². The lowest BCUT2D eigenvalue weighted by Gasteiger charge is -2.14. The lowest BCUT2D eigenvalue weighted by Crippen LogP contribution is -2.14. The van der Waals surface area contributed by atoms with Gasteiger partial charge in [-0.15, -0.1) is 0 Å². The van der Waals surface area contributed by atoms with Crippen LogP contribution in [-0.4, -0.2) is 13.2 Å². The van der Waals surface area contributed by atoms with Crippen LogP contribution in [0.3, 0.4) is 0 Å². The maximum atomic E-state index is 12.8. The van der Waals surface area contributed by atoms with Crippen molar-refractivity contribution in [3.63, 3.8) is 0 Å². The van der Waals surface area contributed by atoms with Gasteiger partial charge in [0.25, 0.3) is 0 Å². The standard InChI is InChI=1S/C15H13BrF3NO/c16-11-5-7-12(8-6-11)20-9-10-21-14-4-2-1-3-13(14)15(17,18)19/h1-8,20H,9-10H2. The van der Waals surface area contributed by atoms with E-state index in [0.29, 0.717) is 6.54 Å². The molecule has 0 aliphatic heterocycles. The van der Waals surface area contributed by atoms with Crippen molar-refractivity contribution in [2.24, 2.45) is 0 Å². The second-order valence-corrected chi connectivity index (χ2v) is 5.19. The first-order valence-electron chi connectivity index (χ1n) is 6.25. The zero-order chi connectivity index (χ0) is 15.3. The maximum absolute atomic E-state index is 12.8. The average molecular weight is 360 g/mol. The van der Waals surface area contributed by atoms with Gasteiger partial charge in [-0.3, -0.25) is 0 Å². The van der Waals surface area contributed by atoms with E-state index in [-0.39, 0.29) is 12.4 Å². The summed E-state index contributed by atoms with van der Waals surface area (Å²) in [5, 5.41) is 3.07. The van der Waals surface area contributed by atoms with Gasteiger partial charge < -0.3 is 10.1 Å². The molecule has 0 amide bonds. The zero-order valence-corrected chi connectivity index (χ0v) is 12.5. The molecular weight excluding hydrogens is 347 g/mol. The van der Waals surface area contributed by atoms with Crippen molar-refractivity contribution < 1.29 is 17.9 Å². The molecule has 0 aliphatic rings. The first-order chi connectivity index (χ1) is 9.97. The molecule has 0 saturated heterocycles. The molecule has 1 N–H and O–H groups in total. The molecule has 0 atom stereocenters. The van der Waals surface area contributed by atoms with Gasteiger partial charge in [-0.05, 0) is 36.4 Å². The fourth-order valence-electron chi connectivity index (χ4n) is 1.75. The highest BCUT2D eigenvalue weighted by Gasteiger charge is 2.33. The predicted molar refractivity (Wildman–Crippen MR) is 79.6 cm³/mol. The Bertz CT molecular complexity index is 584. The maximum Gasteiger partial charge on any atom is 0.419 e. The molecule has 0 radical (unpaired) electrons. The molecule has 0 saturated carbocycles. The number of benzene rings is 2. The number of hydrogen-bond donors (Lipinski definition) is 1. The molecule has 0 heterocycles. The van der Waals surface area contributed by atoms with Gasteiger partial charge in [0.05, 0.1) is 5.56 Å². The minimum atomic E-state index is -4.41. The van der Waals surface area contributed by atoms with Gasteiger partial charge in [-0.1, -0.05) is 28.1 Å². The third kappa shape index (κ3) is 4.67. The van der Waals surface area contributed by atoms with Crippen LogP contribution < -0.4 is 10.1 Å². The normalized spacial score (nSPS) is 11.2. The van der Waals surface area contributed by atoms with Crippen molar-refractivity contribution >= 4 is 21.6 Å². The van der Waals surface area contributed by atoms with Gasteiger partial charge in [-0.25, -0.2) is 0 Å². The van der Waals surface area contributed by atoms with E-state index in [2.05, 4.69) is 21.2 Å². The third-order valence-electron chi connectivity index (χ3n) is 2.73. The van der Waals surface area contributed by atoms with E-state index in [9.17, 15) is 13.2 Å². The topological polar surface area (TPSA) is 21.3 Å².